The Hall–Kier alpha value is -0.390. The largest absolute Gasteiger partial charge is 0.485 e. The summed E-state index contributed by atoms with van der Waals surface area (Å²) in [6.45, 7) is 0.384. The average molecular weight is 366 g/mol. The van der Waals surface area contributed by atoms with Crippen molar-refractivity contribution in [3.63, 3.8) is 0 Å². The molecule has 16 heavy (non-hydrogen) atoms. The number of ether oxygens (including phenoxy) is 1. The molecule has 0 amide bonds. The third kappa shape index (κ3) is 3.06. The van der Waals surface area contributed by atoms with E-state index in [1.54, 1.807) is 23.5 Å². The highest BCUT2D eigenvalue weighted by molar-refractivity contribution is 9.11. The fourth-order valence-corrected chi connectivity index (χ4v) is 2.90. The molecule has 0 aliphatic rings. The van der Waals surface area contributed by atoms with Crippen molar-refractivity contribution in [3.05, 3.63) is 49.3 Å². The molecular formula is C11H7Br2FOS. The van der Waals surface area contributed by atoms with Crippen molar-refractivity contribution in [1.29, 1.82) is 0 Å². The zero-order valence-electron chi connectivity index (χ0n) is 8.04. The smallest absolute Gasteiger partial charge is 0.166 e. The summed E-state index contributed by atoms with van der Waals surface area (Å²) < 4.78 is 20.5. The molecule has 0 aliphatic heterocycles. The van der Waals surface area contributed by atoms with Gasteiger partial charge in [0.05, 0.1) is 3.79 Å². The van der Waals surface area contributed by atoms with E-state index in [1.165, 1.54) is 6.07 Å². The average Bonchev–Trinajstić information content (AvgIpc) is 2.63. The van der Waals surface area contributed by atoms with Gasteiger partial charge < -0.3 is 4.74 Å². The normalized spacial score (nSPS) is 10.4. The van der Waals surface area contributed by atoms with Crippen molar-refractivity contribution in [1.82, 2.24) is 0 Å². The van der Waals surface area contributed by atoms with Crippen molar-refractivity contribution in [3.8, 4) is 5.75 Å². The molecule has 0 radical (unpaired) electrons. The Kier molecular flexibility index (Phi) is 4.00. The van der Waals surface area contributed by atoms with Crippen LogP contribution in [0.3, 0.4) is 0 Å². The Labute approximate surface area is 114 Å². The summed E-state index contributed by atoms with van der Waals surface area (Å²) in [6, 6.07) is 8.65. The first kappa shape index (κ1) is 12.1. The zero-order valence-corrected chi connectivity index (χ0v) is 12.0. The van der Waals surface area contributed by atoms with Crippen molar-refractivity contribution in [2.45, 2.75) is 6.61 Å². The van der Waals surface area contributed by atoms with Gasteiger partial charge in [0.15, 0.2) is 11.6 Å². The van der Waals surface area contributed by atoms with Gasteiger partial charge in [0, 0.05) is 9.35 Å². The zero-order chi connectivity index (χ0) is 11.5. The maximum absolute atomic E-state index is 13.4. The minimum absolute atomic E-state index is 0.271. The van der Waals surface area contributed by atoms with E-state index in [0.29, 0.717) is 11.1 Å². The van der Waals surface area contributed by atoms with Gasteiger partial charge in [-0.2, -0.15) is 0 Å². The minimum atomic E-state index is -0.356. The van der Waals surface area contributed by atoms with Crippen LogP contribution in [0, 0.1) is 5.82 Å². The summed E-state index contributed by atoms with van der Waals surface area (Å²) >= 11 is 8.14. The Morgan fingerprint density at radius 1 is 1.19 bits per heavy atom. The van der Waals surface area contributed by atoms with Crippen LogP contribution in [0.15, 0.2) is 38.6 Å². The first-order valence-corrected chi connectivity index (χ1v) is 6.87. The van der Waals surface area contributed by atoms with E-state index >= 15 is 0 Å². The third-order valence-electron chi connectivity index (χ3n) is 1.89. The number of thiophene rings is 1. The lowest BCUT2D eigenvalue weighted by molar-refractivity contribution is 0.293. The standard InChI is InChI=1S/C11H7Br2FOS/c12-7-1-3-10(9(14)5-7)15-6-8-2-4-11(13)16-8/h1-5H,6H2. The highest BCUT2D eigenvalue weighted by Crippen LogP contribution is 2.25. The van der Waals surface area contributed by atoms with Gasteiger partial charge in [-0.15, -0.1) is 11.3 Å². The number of benzene rings is 1. The maximum atomic E-state index is 13.4. The van der Waals surface area contributed by atoms with Crippen LogP contribution in [0.5, 0.6) is 5.75 Å². The van der Waals surface area contributed by atoms with Crippen LogP contribution in [0.4, 0.5) is 4.39 Å². The van der Waals surface area contributed by atoms with E-state index in [2.05, 4.69) is 31.9 Å². The van der Waals surface area contributed by atoms with Crippen LogP contribution in [-0.4, -0.2) is 0 Å². The number of hydrogen-bond acceptors (Lipinski definition) is 2. The fraction of sp³-hybridized carbons (Fsp3) is 0.0909. The second-order valence-electron chi connectivity index (χ2n) is 3.07. The van der Waals surface area contributed by atoms with E-state index in [4.69, 9.17) is 4.74 Å². The summed E-state index contributed by atoms with van der Waals surface area (Å²) in [5.41, 5.74) is 0. The quantitative estimate of drug-likeness (QED) is 0.744. The molecule has 0 atom stereocenters. The molecule has 5 heteroatoms. The fourth-order valence-electron chi connectivity index (χ4n) is 1.17. The Bertz CT molecular complexity index is 498. The van der Waals surface area contributed by atoms with Crippen molar-refractivity contribution in [2.75, 3.05) is 0 Å². The highest BCUT2D eigenvalue weighted by Gasteiger charge is 2.05. The Morgan fingerprint density at radius 2 is 2.00 bits per heavy atom. The SMILES string of the molecule is Fc1cc(Br)ccc1OCc1ccc(Br)s1. The van der Waals surface area contributed by atoms with Gasteiger partial charge in [0.25, 0.3) is 0 Å². The molecule has 0 aliphatic carbocycles. The summed E-state index contributed by atoms with van der Waals surface area (Å²) in [6.07, 6.45) is 0. The van der Waals surface area contributed by atoms with Gasteiger partial charge in [-0.1, -0.05) is 15.9 Å². The van der Waals surface area contributed by atoms with Gasteiger partial charge >= 0.3 is 0 Å². The van der Waals surface area contributed by atoms with Crippen LogP contribution in [-0.2, 0) is 6.61 Å². The van der Waals surface area contributed by atoms with Crippen LogP contribution in [0.25, 0.3) is 0 Å². The van der Waals surface area contributed by atoms with E-state index in [0.717, 1.165) is 8.66 Å². The minimum Gasteiger partial charge on any atom is -0.485 e. The van der Waals surface area contributed by atoms with Crippen LogP contribution in [0.1, 0.15) is 4.88 Å². The van der Waals surface area contributed by atoms with Crippen molar-refractivity contribution < 1.29 is 9.13 Å². The molecule has 0 saturated heterocycles. The molecule has 2 aromatic rings. The number of rotatable bonds is 3. The Balaban J connectivity index is 2.04. The predicted molar refractivity (Wildman–Crippen MR) is 70.5 cm³/mol. The second-order valence-corrected chi connectivity index (χ2v) is 6.53. The molecule has 1 heterocycles. The number of halogens is 3. The van der Waals surface area contributed by atoms with Crippen molar-refractivity contribution in [2.24, 2.45) is 0 Å². The molecule has 0 bridgehead atoms. The van der Waals surface area contributed by atoms with Gasteiger partial charge in [-0.25, -0.2) is 4.39 Å². The van der Waals surface area contributed by atoms with E-state index < -0.39 is 0 Å². The van der Waals surface area contributed by atoms with E-state index in [1.807, 2.05) is 12.1 Å². The third-order valence-corrected chi connectivity index (χ3v) is 3.98. The van der Waals surface area contributed by atoms with Crippen LogP contribution in [0.2, 0.25) is 0 Å². The lowest BCUT2D eigenvalue weighted by Gasteiger charge is -2.05. The van der Waals surface area contributed by atoms with Crippen LogP contribution < -0.4 is 4.74 Å². The molecule has 1 nitrogen and oxygen atoms in total. The first-order valence-electron chi connectivity index (χ1n) is 4.47. The summed E-state index contributed by atoms with van der Waals surface area (Å²) in [5.74, 6) is -0.0854. The lowest BCUT2D eigenvalue weighted by atomic mass is 10.3. The van der Waals surface area contributed by atoms with Crippen LogP contribution >= 0.6 is 43.2 Å². The molecule has 1 aromatic carbocycles. The highest BCUT2D eigenvalue weighted by atomic mass is 79.9. The van der Waals surface area contributed by atoms with Gasteiger partial charge in [0.2, 0.25) is 0 Å². The van der Waals surface area contributed by atoms with Crippen molar-refractivity contribution >= 4 is 43.2 Å². The summed E-state index contributed by atoms with van der Waals surface area (Å²) in [5, 5.41) is 0. The second kappa shape index (κ2) is 5.29. The molecule has 0 N–H and O–H groups in total. The molecule has 2 rings (SSSR count). The van der Waals surface area contributed by atoms with Gasteiger partial charge in [-0.3, -0.25) is 0 Å². The lowest BCUT2D eigenvalue weighted by Crippen LogP contribution is -1.95. The predicted octanol–water partition coefficient (Wildman–Crippen LogP) is 4.99. The summed E-state index contributed by atoms with van der Waals surface area (Å²) in [4.78, 5) is 1.05. The maximum Gasteiger partial charge on any atom is 0.166 e. The molecule has 1 aromatic heterocycles. The molecular weight excluding hydrogens is 359 g/mol. The van der Waals surface area contributed by atoms with E-state index in [9.17, 15) is 4.39 Å². The molecule has 84 valence electrons. The Morgan fingerprint density at radius 3 is 2.62 bits per heavy atom. The topological polar surface area (TPSA) is 9.23 Å². The van der Waals surface area contributed by atoms with E-state index in [-0.39, 0.29) is 11.6 Å². The summed E-state index contributed by atoms with van der Waals surface area (Å²) in [7, 11) is 0. The molecule has 0 saturated carbocycles. The molecule has 0 unspecified atom stereocenters. The monoisotopic (exact) mass is 364 g/mol. The molecule has 0 fully saturated rings. The number of hydrogen-bond donors (Lipinski definition) is 0. The van der Waals surface area contributed by atoms with Gasteiger partial charge in [0.1, 0.15) is 6.61 Å². The first-order chi connectivity index (χ1) is 7.65. The molecule has 0 spiro atoms. The van der Waals surface area contributed by atoms with Gasteiger partial charge in [-0.05, 0) is 46.3 Å².